The van der Waals surface area contributed by atoms with E-state index in [4.69, 9.17) is 4.84 Å². The summed E-state index contributed by atoms with van der Waals surface area (Å²) in [6.45, 7) is 3.67. The van der Waals surface area contributed by atoms with Gasteiger partial charge in [0.2, 0.25) is 0 Å². The van der Waals surface area contributed by atoms with Crippen molar-refractivity contribution < 1.29 is 4.84 Å². The number of benzene rings is 1. The Kier molecular flexibility index (Phi) is 2.13. The Morgan fingerprint density at radius 3 is 2.77 bits per heavy atom. The molecule has 0 amide bonds. The number of oxime groups is 1. The van der Waals surface area contributed by atoms with Gasteiger partial charge in [0.05, 0.1) is 5.71 Å². The number of nitrogens with zero attached hydrogens (tertiary/aromatic N) is 1. The number of hydrogen-bond donors (Lipinski definition) is 0. The minimum atomic E-state index is 0.0511. The van der Waals surface area contributed by atoms with E-state index in [9.17, 15) is 0 Å². The Bertz CT molecular complexity index is 329. The molecule has 1 aromatic carbocycles. The van der Waals surface area contributed by atoms with Crippen LogP contribution in [-0.4, -0.2) is 11.8 Å². The third kappa shape index (κ3) is 1.61. The zero-order valence-electron chi connectivity index (χ0n) is 7.31. The SMILES string of the molecule is C=C[C@H]1CC(c2ccccc2)=NO1. The van der Waals surface area contributed by atoms with Crippen molar-refractivity contribution in [2.24, 2.45) is 5.16 Å². The number of rotatable bonds is 2. The summed E-state index contributed by atoms with van der Waals surface area (Å²) in [5.74, 6) is 0. The van der Waals surface area contributed by atoms with E-state index in [0.29, 0.717) is 0 Å². The first-order valence-corrected chi connectivity index (χ1v) is 4.31. The summed E-state index contributed by atoms with van der Waals surface area (Å²) in [6, 6.07) is 10.1. The second-order valence-electron chi connectivity index (χ2n) is 2.99. The maximum absolute atomic E-state index is 5.14. The minimum Gasteiger partial charge on any atom is -0.388 e. The monoisotopic (exact) mass is 173 g/mol. The quantitative estimate of drug-likeness (QED) is 0.629. The molecule has 1 aromatic rings. The van der Waals surface area contributed by atoms with Gasteiger partial charge in [-0.05, 0) is 11.6 Å². The summed E-state index contributed by atoms with van der Waals surface area (Å²) >= 11 is 0. The van der Waals surface area contributed by atoms with Gasteiger partial charge in [0.1, 0.15) is 0 Å². The highest BCUT2D eigenvalue weighted by Crippen LogP contribution is 2.16. The van der Waals surface area contributed by atoms with Gasteiger partial charge in [-0.2, -0.15) is 0 Å². The molecule has 0 bridgehead atoms. The molecule has 1 aliphatic rings. The minimum absolute atomic E-state index is 0.0511. The third-order valence-corrected chi connectivity index (χ3v) is 2.06. The summed E-state index contributed by atoms with van der Waals surface area (Å²) in [6.07, 6.45) is 2.66. The normalized spacial score (nSPS) is 20.6. The van der Waals surface area contributed by atoms with Crippen LogP contribution in [0.5, 0.6) is 0 Å². The average molecular weight is 173 g/mol. The van der Waals surface area contributed by atoms with Crippen molar-refractivity contribution in [2.75, 3.05) is 0 Å². The summed E-state index contributed by atoms with van der Waals surface area (Å²) in [4.78, 5) is 5.14. The van der Waals surface area contributed by atoms with Gasteiger partial charge in [0, 0.05) is 6.42 Å². The van der Waals surface area contributed by atoms with Crippen LogP contribution >= 0.6 is 0 Å². The molecule has 66 valence electrons. The van der Waals surface area contributed by atoms with Crippen LogP contribution in [0.25, 0.3) is 0 Å². The van der Waals surface area contributed by atoms with E-state index in [1.165, 1.54) is 0 Å². The molecule has 0 saturated heterocycles. The summed E-state index contributed by atoms with van der Waals surface area (Å²) in [7, 11) is 0. The van der Waals surface area contributed by atoms with Gasteiger partial charge in [0.25, 0.3) is 0 Å². The molecule has 0 N–H and O–H groups in total. The zero-order valence-corrected chi connectivity index (χ0v) is 7.31. The fraction of sp³-hybridized carbons (Fsp3) is 0.182. The molecule has 0 saturated carbocycles. The highest BCUT2D eigenvalue weighted by atomic mass is 16.6. The molecular weight excluding hydrogens is 162 g/mol. The van der Waals surface area contributed by atoms with Crippen LogP contribution in [0.1, 0.15) is 12.0 Å². The Balaban J connectivity index is 2.17. The standard InChI is InChI=1S/C11H11NO/c1-2-10-8-11(12-13-10)9-6-4-3-5-7-9/h2-7,10H,1,8H2/t10-/m0/s1. The van der Waals surface area contributed by atoms with Crippen molar-refractivity contribution in [3.8, 4) is 0 Å². The third-order valence-electron chi connectivity index (χ3n) is 2.06. The fourth-order valence-corrected chi connectivity index (χ4v) is 1.32. The second-order valence-corrected chi connectivity index (χ2v) is 2.99. The molecule has 0 fully saturated rings. The van der Waals surface area contributed by atoms with E-state index < -0.39 is 0 Å². The first-order chi connectivity index (χ1) is 6.40. The molecule has 2 rings (SSSR count). The molecular formula is C11H11NO. The van der Waals surface area contributed by atoms with Crippen LogP contribution in [0.3, 0.4) is 0 Å². The Hall–Kier alpha value is -1.57. The van der Waals surface area contributed by atoms with Gasteiger partial charge < -0.3 is 4.84 Å². The molecule has 0 aromatic heterocycles. The van der Waals surface area contributed by atoms with Gasteiger partial charge in [0.15, 0.2) is 6.10 Å². The van der Waals surface area contributed by atoms with E-state index in [-0.39, 0.29) is 6.10 Å². The summed E-state index contributed by atoms with van der Waals surface area (Å²) in [5.41, 5.74) is 2.14. The molecule has 1 heterocycles. The van der Waals surface area contributed by atoms with Gasteiger partial charge in [-0.25, -0.2) is 0 Å². The first kappa shape index (κ1) is 8.05. The lowest BCUT2D eigenvalue weighted by Gasteiger charge is -1.98. The molecule has 13 heavy (non-hydrogen) atoms. The van der Waals surface area contributed by atoms with Crippen LogP contribution in [0.2, 0.25) is 0 Å². The van der Waals surface area contributed by atoms with Crippen LogP contribution in [0.15, 0.2) is 48.1 Å². The molecule has 1 atom stereocenters. The van der Waals surface area contributed by atoms with Gasteiger partial charge >= 0.3 is 0 Å². The van der Waals surface area contributed by atoms with Crippen molar-refractivity contribution in [3.63, 3.8) is 0 Å². The van der Waals surface area contributed by atoms with Gasteiger partial charge in [-0.3, -0.25) is 0 Å². The van der Waals surface area contributed by atoms with Crippen molar-refractivity contribution >= 4 is 5.71 Å². The number of hydrogen-bond acceptors (Lipinski definition) is 2. The van der Waals surface area contributed by atoms with Crippen LogP contribution in [0, 0.1) is 0 Å². The highest BCUT2D eigenvalue weighted by molar-refractivity contribution is 6.01. The van der Waals surface area contributed by atoms with E-state index in [1.54, 1.807) is 6.08 Å². The van der Waals surface area contributed by atoms with E-state index in [2.05, 4.69) is 11.7 Å². The maximum Gasteiger partial charge on any atom is 0.151 e. The van der Waals surface area contributed by atoms with Crippen molar-refractivity contribution in [1.29, 1.82) is 0 Å². The Morgan fingerprint density at radius 1 is 1.38 bits per heavy atom. The molecule has 0 radical (unpaired) electrons. The Morgan fingerprint density at radius 2 is 2.15 bits per heavy atom. The molecule has 2 nitrogen and oxygen atoms in total. The predicted molar refractivity (Wildman–Crippen MR) is 52.7 cm³/mol. The maximum atomic E-state index is 5.14. The lowest BCUT2D eigenvalue weighted by atomic mass is 10.1. The molecule has 0 spiro atoms. The second kappa shape index (κ2) is 3.44. The predicted octanol–water partition coefficient (Wildman–Crippen LogP) is 2.37. The van der Waals surface area contributed by atoms with Gasteiger partial charge in [-0.1, -0.05) is 42.1 Å². The molecule has 1 aliphatic heterocycles. The summed E-state index contributed by atoms with van der Waals surface area (Å²) in [5, 5.41) is 4.00. The van der Waals surface area contributed by atoms with Crippen molar-refractivity contribution in [1.82, 2.24) is 0 Å². The molecule has 0 aliphatic carbocycles. The lowest BCUT2D eigenvalue weighted by molar-refractivity contribution is 0.120. The lowest BCUT2D eigenvalue weighted by Crippen LogP contribution is -2.04. The smallest absolute Gasteiger partial charge is 0.151 e. The first-order valence-electron chi connectivity index (χ1n) is 4.31. The van der Waals surface area contributed by atoms with Crippen LogP contribution < -0.4 is 0 Å². The average Bonchev–Trinajstić information content (AvgIpc) is 2.67. The van der Waals surface area contributed by atoms with Crippen LogP contribution in [-0.2, 0) is 4.84 Å². The largest absolute Gasteiger partial charge is 0.388 e. The zero-order chi connectivity index (χ0) is 9.10. The van der Waals surface area contributed by atoms with E-state index in [1.807, 2.05) is 30.3 Å². The highest BCUT2D eigenvalue weighted by Gasteiger charge is 2.18. The van der Waals surface area contributed by atoms with Gasteiger partial charge in [-0.15, -0.1) is 0 Å². The Labute approximate surface area is 77.5 Å². The molecule has 2 heteroatoms. The van der Waals surface area contributed by atoms with Crippen molar-refractivity contribution in [2.45, 2.75) is 12.5 Å². The molecule has 0 unspecified atom stereocenters. The van der Waals surface area contributed by atoms with Crippen LogP contribution in [0.4, 0.5) is 0 Å². The van der Waals surface area contributed by atoms with Crippen molar-refractivity contribution in [3.05, 3.63) is 48.6 Å². The summed E-state index contributed by atoms with van der Waals surface area (Å²) < 4.78 is 0. The van der Waals surface area contributed by atoms with E-state index in [0.717, 1.165) is 17.7 Å². The van der Waals surface area contributed by atoms with E-state index >= 15 is 0 Å². The topological polar surface area (TPSA) is 21.6 Å². The fourth-order valence-electron chi connectivity index (χ4n) is 1.32.